The number of hydrogen-bond acceptors (Lipinski definition) is 4. The summed E-state index contributed by atoms with van der Waals surface area (Å²) in [7, 11) is 0. The first-order chi connectivity index (χ1) is 8.40. The summed E-state index contributed by atoms with van der Waals surface area (Å²) in [6.07, 6.45) is -0.492. The predicted molar refractivity (Wildman–Crippen MR) is 67.9 cm³/mol. The molecule has 2 N–H and O–H groups in total. The number of nitrogens with one attached hydrogen (secondary N) is 1. The lowest BCUT2D eigenvalue weighted by atomic mass is 10.0. The standard InChI is InChI=1S/C13H22N2O3/c1-8(2)11-5-10(18-15-11)7-14-13(17)6-12(16)9(3)4/h5,8-9,12,16H,6-7H2,1-4H3,(H,14,17). The molecule has 0 saturated carbocycles. The lowest BCUT2D eigenvalue weighted by Gasteiger charge is -2.13. The van der Waals surface area contributed by atoms with Gasteiger partial charge in [0.1, 0.15) is 0 Å². The Morgan fingerprint density at radius 3 is 2.61 bits per heavy atom. The second-order valence-corrected chi connectivity index (χ2v) is 5.17. The van der Waals surface area contributed by atoms with Gasteiger partial charge in [0.05, 0.1) is 24.8 Å². The molecule has 102 valence electrons. The monoisotopic (exact) mass is 254 g/mol. The van der Waals surface area contributed by atoms with Crippen molar-refractivity contribution in [2.45, 2.75) is 52.7 Å². The van der Waals surface area contributed by atoms with Crippen molar-refractivity contribution in [2.24, 2.45) is 5.92 Å². The van der Waals surface area contributed by atoms with Gasteiger partial charge in [-0.25, -0.2) is 0 Å². The summed E-state index contributed by atoms with van der Waals surface area (Å²) in [5.41, 5.74) is 0.876. The van der Waals surface area contributed by atoms with E-state index in [2.05, 4.69) is 10.5 Å². The number of nitrogens with zero attached hydrogens (tertiary/aromatic N) is 1. The molecule has 0 aliphatic carbocycles. The number of carbonyl (C=O) groups excluding carboxylic acids is 1. The topological polar surface area (TPSA) is 75.4 Å². The number of hydrogen-bond donors (Lipinski definition) is 2. The van der Waals surface area contributed by atoms with Crippen LogP contribution in [0.15, 0.2) is 10.6 Å². The lowest BCUT2D eigenvalue weighted by molar-refractivity contribution is -0.123. The van der Waals surface area contributed by atoms with Crippen LogP contribution >= 0.6 is 0 Å². The fourth-order valence-electron chi connectivity index (χ4n) is 1.37. The Bertz CT molecular complexity index is 385. The maximum atomic E-state index is 11.5. The van der Waals surface area contributed by atoms with E-state index in [-0.39, 0.29) is 18.2 Å². The molecule has 0 aliphatic heterocycles. The Kier molecular flexibility index (Phi) is 5.34. The molecular formula is C13H22N2O3. The summed E-state index contributed by atoms with van der Waals surface area (Å²) in [5.74, 6) is 0.833. The second-order valence-electron chi connectivity index (χ2n) is 5.17. The van der Waals surface area contributed by atoms with Crippen molar-refractivity contribution in [1.29, 1.82) is 0 Å². The van der Waals surface area contributed by atoms with Gasteiger partial charge in [0.2, 0.25) is 5.91 Å². The van der Waals surface area contributed by atoms with Crippen molar-refractivity contribution < 1.29 is 14.4 Å². The van der Waals surface area contributed by atoms with Gasteiger partial charge in [0.15, 0.2) is 5.76 Å². The SMILES string of the molecule is CC(C)c1cc(CNC(=O)CC(O)C(C)C)on1. The maximum Gasteiger partial charge on any atom is 0.222 e. The second kappa shape index (κ2) is 6.54. The zero-order chi connectivity index (χ0) is 13.7. The van der Waals surface area contributed by atoms with Crippen LogP contribution in [0.1, 0.15) is 51.5 Å². The van der Waals surface area contributed by atoms with E-state index in [9.17, 15) is 9.90 Å². The maximum absolute atomic E-state index is 11.5. The summed E-state index contributed by atoms with van der Waals surface area (Å²) in [4.78, 5) is 11.5. The van der Waals surface area contributed by atoms with Crippen molar-refractivity contribution in [3.8, 4) is 0 Å². The van der Waals surface area contributed by atoms with Crippen LogP contribution in [0.2, 0.25) is 0 Å². The van der Waals surface area contributed by atoms with E-state index in [0.717, 1.165) is 5.69 Å². The molecule has 0 fully saturated rings. The average molecular weight is 254 g/mol. The Balaban J connectivity index is 2.38. The van der Waals surface area contributed by atoms with Gasteiger partial charge in [0.25, 0.3) is 0 Å². The number of amides is 1. The molecule has 1 unspecified atom stereocenters. The molecule has 0 spiro atoms. The fraction of sp³-hybridized carbons (Fsp3) is 0.692. The number of rotatable bonds is 6. The smallest absolute Gasteiger partial charge is 0.222 e. The van der Waals surface area contributed by atoms with Gasteiger partial charge in [-0.15, -0.1) is 0 Å². The average Bonchev–Trinajstić information content (AvgIpc) is 2.74. The molecule has 0 saturated heterocycles. The van der Waals surface area contributed by atoms with E-state index in [1.807, 2.05) is 33.8 Å². The van der Waals surface area contributed by atoms with Crippen molar-refractivity contribution >= 4 is 5.91 Å². The summed E-state index contributed by atoms with van der Waals surface area (Å²) in [6.45, 7) is 8.12. The van der Waals surface area contributed by atoms with E-state index in [1.165, 1.54) is 0 Å². The van der Waals surface area contributed by atoms with E-state index in [1.54, 1.807) is 0 Å². The van der Waals surface area contributed by atoms with Gasteiger partial charge in [-0.05, 0) is 11.8 Å². The first kappa shape index (κ1) is 14.7. The van der Waals surface area contributed by atoms with Crippen LogP contribution in [-0.4, -0.2) is 22.3 Å². The minimum atomic E-state index is -0.606. The highest BCUT2D eigenvalue weighted by Gasteiger charge is 2.15. The lowest BCUT2D eigenvalue weighted by Crippen LogP contribution is -2.29. The molecule has 1 atom stereocenters. The normalized spacial score (nSPS) is 13.1. The Morgan fingerprint density at radius 2 is 2.11 bits per heavy atom. The molecule has 0 radical (unpaired) electrons. The molecule has 1 rings (SSSR count). The van der Waals surface area contributed by atoms with Gasteiger partial charge in [-0.3, -0.25) is 4.79 Å². The molecule has 18 heavy (non-hydrogen) atoms. The highest BCUT2D eigenvalue weighted by molar-refractivity contribution is 5.76. The Hall–Kier alpha value is -1.36. The quantitative estimate of drug-likeness (QED) is 0.812. The zero-order valence-corrected chi connectivity index (χ0v) is 11.4. The van der Waals surface area contributed by atoms with Gasteiger partial charge in [0, 0.05) is 6.07 Å². The molecule has 0 bridgehead atoms. The van der Waals surface area contributed by atoms with Crippen molar-refractivity contribution in [3.63, 3.8) is 0 Å². The van der Waals surface area contributed by atoms with Crippen molar-refractivity contribution in [1.82, 2.24) is 10.5 Å². The van der Waals surface area contributed by atoms with Crippen LogP contribution in [0.25, 0.3) is 0 Å². The first-order valence-corrected chi connectivity index (χ1v) is 6.30. The third-order valence-corrected chi connectivity index (χ3v) is 2.79. The predicted octanol–water partition coefficient (Wildman–Crippen LogP) is 1.82. The third kappa shape index (κ3) is 4.49. The molecule has 5 nitrogen and oxygen atoms in total. The van der Waals surface area contributed by atoms with Crippen LogP contribution < -0.4 is 5.32 Å². The minimum absolute atomic E-state index is 0.0774. The summed E-state index contributed by atoms with van der Waals surface area (Å²) in [6, 6.07) is 1.84. The largest absolute Gasteiger partial charge is 0.392 e. The highest BCUT2D eigenvalue weighted by Crippen LogP contribution is 2.13. The summed E-state index contributed by atoms with van der Waals surface area (Å²) in [5, 5.41) is 16.2. The van der Waals surface area contributed by atoms with E-state index < -0.39 is 6.10 Å². The van der Waals surface area contributed by atoms with Crippen LogP contribution in [-0.2, 0) is 11.3 Å². The van der Waals surface area contributed by atoms with Gasteiger partial charge >= 0.3 is 0 Å². The van der Waals surface area contributed by atoms with Gasteiger partial charge in [-0.1, -0.05) is 32.9 Å². The molecule has 1 heterocycles. The number of carbonyl (C=O) groups is 1. The Morgan fingerprint density at radius 1 is 1.44 bits per heavy atom. The molecule has 1 aromatic rings. The van der Waals surface area contributed by atoms with Crippen molar-refractivity contribution in [3.05, 3.63) is 17.5 Å². The summed E-state index contributed by atoms with van der Waals surface area (Å²) >= 11 is 0. The van der Waals surface area contributed by atoms with Crippen LogP contribution in [0.3, 0.4) is 0 Å². The zero-order valence-electron chi connectivity index (χ0n) is 11.4. The third-order valence-electron chi connectivity index (χ3n) is 2.79. The van der Waals surface area contributed by atoms with Crippen LogP contribution in [0.5, 0.6) is 0 Å². The number of aliphatic hydroxyl groups is 1. The van der Waals surface area contributed by atoms with Crippen LogP contribution in [0.4, 0.5) is 0 Å². The first-order valence-electron chi connectivity index (χ1n) is 6.30. The Labute approximate surface area is 108 Å². The fourth-order valence-corrected chi connectivity index (χ4v) is 1.37. The van der Waals surface area contributed by atoms with E-state index in [4.69, 9.17) is 4.52 Å². The minimum Gasteiger partial charge on any atom is -0.392 e. The molecule has 1 amide bonds. The van der Waals surface area contributed by atoms with E-state index in [0.29, 0.717) is 18.2 Å². The number of aliphatic hydroxyl groups excluding tert-OH is 1. The van der Waals surface area contributed by atoms with Gasteiger partial charge in [-0.2, -0.15) is 0 Å². The number of aromatic nitrogens is 1. The summed E-state index contributed by atoms with van der Waals surface area (Å²) < 4.78 is 5.10. The molecule has 5 heteroatoms. The molecule has 0 aliphatic rings. The molecule has 1 aromatic heterocycles. The molecular weight excluding hydrogens is 232 g/mol. The van der Waals surface area contributed by atoms with Crippen LogP contribution in [0, 0.1) is 5.92 Å². The van der Waals surface area contributed by atoms with Gasteiger partial charge < -0.3 is 14.9 Å². The van der Waals surface area contributed by atoms with Crippen molar-refractivity contribution in [2.75, 3.05) is 0 Å². The highest BCUT2D eigenvalue weighted by atomic mass is 16.5. The van der Waals surface area contributed by atoms with E-state index >= 15 is 0 Å². The molecule has 0 aromatic carbocycles.